The minimum Gasteiger partial charge on any atom is -0.508 e. The molecule has 0 saturated carbocycles. The highest BCUT2D eigenvalue weighted by atomic mass is 16.5. The van der Waals surface area contributed by atoms with Gasteiger partial charge in [-0.1, -0.05) is 39.8 Å². The summed E-state index contributed by atoms with van der Waals surface area (Å²) < 4.78 is 5.92. The molecule has 2 aromatic rings. The number of phenols is 1. The maximum atomic E-state index is 9.28. The molecule has 0 amide bonds. The molecule has 0 bridgehead atoms. The van der Waals surface area contributed by atoms with Crippen molar-refractivity contribution in [1.29, 1.82) is 0 Å². The van der Waals surface area contributed by atoms with E-state index < -0.39 is 0 Å². The molecule has 134 valence electrons. The summed E-state index contributed by atoms with van der Waals surface area (Å²) in [5.74, 6) is 1.85. The molecule has 0 heterocycles. The summed E-state index contributed by atoms with van der Waals surface area (Å²) >= 11 is 0. The van der Waals surface area contributed by atoms with E-state index >= 15 is 0 Å². The third kappa shape index (κ3) is 7.05. The second-order valence-electron chi connectivity index (χ2n) is 5.05. The Morgan fingerprint density at radius 1 is 0.917 bits per heavy atom. The number of aromatic hydroxyl groups is 1. The Balaban J connectivity index is 0.00000123. The van der Waals surface area contributed by atoms with Gasteiger partial charge in [-0.3, -0.25) is 0 Å². The van der Waals surface area contributed by atoms with Gasteiger partial charge in [0.1, 0.15) is 17.2 Å². The molecule has 0 spiro atoms. The summed E-state index contributed by atoms with van der Waals surface area (Å²) in [6.45, 7) is 12.8. The van der Waals surface area contributed by atoms with E-state index in [1.165, 1.54) is 5.56 Å². The molecule has 3 heteroatoms. The van der Waals surface area contributed by atoms with Crippen molar-refractivity contribution in [3.8, 4) is 17.2 Å². The highest BCUT2D eigenvalue weighted by molar-refractivity contribution is 5.46. The largest absolute Gasteiger partial charge is 0.508 e. The number of aryl methyl sites for hydroxylation is 3. The Kier molecular flexibility index (Phi) is 11.4. The SMILES string of the molecule is CC.CC.Cc1cc(CCCN)cc(C)c1Oc1ccc(O)cc1. The molecule has 2 rings (SSSR count). The summed E-state index contributed by atoms with van der Waals surface area (Å²) in [7, 11) is 0. The molecule has 0 radical (unpaired) electrons. The fourth-order valence-electron chi connectivity index (χ4n) is 2.28. The van der Waals surface area contributed by atoms with Crippen LogP contribution in [0.3, 0.4) is 0 Å². The maximum absolute atomic E-state index is 9.28. The van der Waals surface area contributed by atoms with Crippen LogP contribution in [0.25, 0.3) is 0 Å². The van der Waals surface area contributed by atoms with Crippen molar-refractivity contribution in [1.82, 2.24) is 0 Å². The third-order valence-corrected chi connectivity index (χ3v) is 3.25. The first-order valence-corrected chi connectivity index (χ1v) is 8.87. The van der Waals surface area contributed by atoms with Crippen molar-refractivity contribution < 1.29 is 9.84 Å². The first kappa shape index (κ1) is 22.0. The summed E-state index contributed by atoms with van der Waals surface area (Å²) in [6, 6.07) is 11.1. The standard InChI is InChI=1S/C17H21NO2.2C2H6/c1-12-10-14(4-3-9-18)11-13(2)17(12)20-16-7-5-15(19)6-8-16;2*1-2/h5-8,10-11,19H,3-4,9,18H2,1-2H3;2*1-2H3. The van der Waals surface area contributed by atoms with Crippen LogP contribution in [0, 0.1) is 13.8 Å². The van der Waals surface area contributed by atoms with Crippen LogP contribution >= 0.6 is 0 Å². The lowest BCUT2D eigenvalue weighted by Gasteiger charge is -2.14. The van der Waals surface area contributed by atoms with Gasteiger partial charge < -0.3 is 15.6 Å². The van der Waals surface area contributed by atoms with Crippen LogP contribution in [0.5, 0.6) is 17.2 Å². The maximum Gasteiger partial charge on any atom is 0.133 e. The predicted molar refractivity (Wildman–Crippen MR) is 104 cm³/mol. The average Bonchev–Trinajstić information content (AvgIpc) is 2.61. The van der Waals surface area contributed by atoms with E-state index in [-0.39, 0.29) is 5.75 Å². The zero-order valence-electron chi connectivity index (χ0n) is 16.0. The van der Waals surface area contributed by atoms with Crippen LogP contribution in [-0.2, 0) is 6.42 Å². The van der Waals surface area contributed by atoms with E-state index in [2.05, 4.69) is 26.0 Å². The lowest BCUT2D eigenvalue weighted by Crippen LogP contribution is -2.01. The number of rotatable bonds is 5. The second-order valence-corrected chi connectivity index (χ2v) is 5.05. The number of nitrogens with two attached hydrogens (primary N) is 1. The van der Waals surface area contributed by atoms with E-state index in [0.29, 0.717) is 6.54 Å². The number of phenolic OH excluding ortho intramolecular Hbond substituents is 1. The van der Waals surface area contributed by atoms with Gasteiger partial charge in [0.15, 0.2) is 0 Å². The van der Waals surface area contributed by atoms with Gasteiger partial charge in [0.25, 0.3) is 0 Å². The topological polar surface area (TPSA) is 55.5 Å². The molecule has 2 aromatic carbocycles. The van der Waals surface area contributed by atoms with Crippen LogP contribution in [0.15, 0.2) is 36.4 Å². The van der Waals surface area contributed by atoms with Crippen LogP contribution in [0.1, 0.15) is 50.8 Å². The van der Waals surface area contributed by atoms with Gasteiger partial charge in [-0.05, 0) is 74.2 Å². The predicted octanol–water partition coefficient (Wildman–Crippen LogP) is 5.75. The highest BCUT2D eigenvalue weighted by Crippen LogP contribution is 2.30. The molecule has 0 fully saturated rings. The van der Waals surface area contributed by atoms with E-state index in [1.807, 2.05) is 27.7 Å². The number of benzene rings is 2. The van der Waals surface area contributed by atoms with Gasteiger partial charge in [0, 0.05) is 0 Å². The van der Waals surface area contributed by atoms with Crippen molar-refractivity contribution in [3.05, 3.63) is 53.1 Å². The van der Waals surface area contributed by atoms with E-state index in [0.717, 1.165) is 35.5 Å². The van der Waals surface area contributed by atoms with Gasteiger partial charge in [-0.2, -0.15) is 0 Å². The average molecular weight is 332 g/mol. The Morgan fingerprint density at radius 3 is 1.88 bits per heavy atom. The molecule has 24 heavy (non-hydrogen) atoms. The minimum absolute atomic E-state index is 0.239. The Bertz CT molecular complexity index is 554. The first-order valence-electron chi connectivity index (χ1n) is 8.87. The van der Waals surface area contributed by atoms with E-state index in [9.17, 15) is 5.11 Å². The van der Waals surface area contributed by atoms with E-state index in [1.54, 1.807) is 24.3 Å². The molecule has 0 unspecified atom stereocenters. The van der Waals surface area contributed by atoms with Crippen molar-refractivity contribution in [2.75, 3.05) is 6.54 Å². The zero-order chi connectivity index (χ0) is 18.5. The lowest BCUT2D eigenvalue weighted by atomic mass is 10.0. The molecule has 0 atom stereocenters. The summed E-state index contributed by atoms with van der Waals surface area (Å²) in [5, 5.41) is 9.28. The third-order valence-electron chi connectivity index (χ3n) is 3.25. The molecule has 0 aliphatic rings. The van der Waals surface area contributed by atoms with Crippen LogP contribution in [-0.4, -0.2) is 11.7 Å². The molecular weight excluding hydrogens is 298 g/mol. The van der Waals surface area contributed by atoms with E-state index in [4.69, 9.17) is 10.5 Å². The van der Waals surface area contributed by atoms with Gasteiger partial charge in [0.05, 0.1) is 0 Å². The fraction of sp³-hybridized carbons (Fsp3) is 0.429. The second kappa shape index (κ2) is 12.4. The van der Waals surface area contributed by atoms with Gasteiger partial charge >= 0.3 is 0 Å². The van der Waals surface area contributed by atoms with Crippen molar-refractivity contribution in [3.63, 3.8) is 0 Å². The van der Waals surface area contributed by atoms with Gasteiger partial charge in [-0.15, -0.1) is 0 Å². The monoisotopic (exact) mass is 331 g/mol. The molecule has 0 saturated heterocycles. The van der Waals surface area contributed by atoms with Crippen LogP contribution in [0.4, 0.5) is 0 Å². The smallest absolute Gasteiger partial charge is 0.133 e. The van der Waals surface area contributed by atoms with Gasteiger partial charge in [-0.25, -0.2) is 0 Å². The number of hydrogen-bond acceptors (Lipinski definition) is 3. The Labute approximate surface area is 147 Å². The van der Waals surface area contributed by atoms with Gasteiger partial charge in [0.2, 0.25) is 0 Å². The summed E-state index contributed by atoms with van der Waals surface area (Å²) in [5.41, 5.74) is 9.08. The summed E-state index contributed by atoms with van der Waals surface area (Å²) in [4.78, 5) is 0. The van der Waals surface area contributed by atoms with Crippen molar-refractivity contribution >= 4 is 0 Å². The van der Waals surface area contributed by atoms with Crippen molar-refractivity contribution in [2.24, 2.45) is 5.73 Å². The summed E-state index contributed by atoms with van der Waals surface area (Å²) in [6.07, 6.45) is 1.99. The zero-order valence-corrected chi connectivity index (χ0v) is 16.0. The molecule has 3 nitrogen and oxygen atoms in total. The quantitative estimate of drug-likeness (QED) is 0.734. The fourth-order valence-corrected chi connectivity index (χ4v) is 2.28. The highest BCUT2D eigenvalue weighted by Gasteiger charge is 2.08. The number of ether oxygens (including phenoxy) is 1. The van der Waals surface area contributed by atoms with Crippen molar-refractivity contribution in [2.45, 2.75) is 54.4 Å². The Hall–Kier alpha value is -2.00. The van der Waals surface area contributed by atoms with Crippen LogP contribution < -0.4 is 10.5 Å². The molecule has 0 aromatic heterocycles. The number of hydrogen-bond donors (Lipinski definition) is 2. The van der Waals surface area contributed by atoms with Crippen LogP contribution in [0.2, 0.25) is 0 Å². The molecule has 0 aliphatic carbocycles. The Morgan fingerprint density at radius 2 is 1.42 bits per heavy atom. The normalized spacial score (nSPS) is 9.29. The molecule has 0 aliphatic heterocycles. The molecular formula is C21H33NO2. The molecule has 3 N–H and O–H groups in total. The first-order chi connectivity index (χ1) is 11.6. The lowest BCUT2D eigenvalue weighted by molar-refractivity contribution is 0.461. The minimum atomic E-state index is 0.239.